The van der Waals surface area contributed by atoms with E-state index < -0.39 is 0 Å². The zero-order valence-electron chi connectivity index (χ0n) is 16.6. The SMILES string of the molecule is CSc1nc(C)c(CCC(=O)Nc2ccccc2C(=O)NCC(C)C)c(=O)[nH]1. The van der Waals surface area contributed by atoms with E-state index in [4.69, 9.17) is 0 Å². The predicted octanol–water partition coefficient (Wildman–Crippen LogP) is 2.76. The van der Waals surface area contributed by atoms with Gasteiger partial charge in [0.05, 0.1) is 11.3 Å². The summed E-state index contributed by atoms with van der Waals surface area (Å²) in [5, 5.41) is 6.18. The Morgan fingerprint density at radius 1 is 1.25 bits per heavy atom. The van der Waals surface area contributed by atoms with Crippen molar-refractivity contribution in [2.24, 2.45) is 5.92 Å². The molecule has 8 heteroatoms. The van der Waals surface area contributed by atoms with Crippen molar-refractivity contribution in [1.82, 2.24) is 15.3 Å². The molecule has 150 valence electrons. The van der Waals surface area contributed by atoms with Crippen LogP contribution < -0.4 is 16.2 Å². The second-order valence-electron chi connectivity index (χ2n) is 6.84. The largest absolute Gasteiger partial charge is 0.352 e. The number of anilines is 1. The molecule has 28 heavy (non-hydrogen) atoms. The van der Waals surface area contributed by atoms with Crippen molar-refractivity contribution < 1.29 is 9.59 Å². The number of para-hydroxylation sites is 1. The average molecular weight is 403 g/mol. The number of aromatic nitrogens is 2. The number of hydrogen-bond acceptors (Lipinski definition) is 5. The van der Waals surface area contributed by atoms with E-state index in [1.165, 1.54) is 11.8 Å². The second kappa shape index (κ2) is 10.1. The number of nitrogens with zero attached hydrogens (tertiary/aromatic N) is 1. The monoisotopic (exact) mass is 402 g/mol. The number of H-pyrrole nitrogens is 1. The van der Waals surface area contributed by atoms with Gasteiger partial charge in [-0.3, -0.25) is 14.4 Å². The van der Waals surface area contributed by atoms with Crippen LogP contribution in [0.2, 0.25) is 0 Å². The fourth-order valence-corrected chi connectivity index (χ4v) is 3.03. The first kappa shape index (κ1) is 21.7. The summed E-state index contributed by atoms with van der Waals surface area (Å²) in [4.78, 5) is 43.9. The second-order valence-corrected chi connectivity index (χ2v) is 7.63. The fourth-order valence-electron chi connectivity index (χ4n) is 2.61. The number of aryl methyl sites for hydroxylation is 1. The van der Waals surface area contributed by atoms with Crippen LogP contribution in [-0.4, -0.2) is 34.6 Å². The van der Waals surface area contributed by atoms with Gasteiger partial charge in [-0.05, 0) is 37.7 Å². The third kappa shape index (κ3) is 5.95. The van der Waals surface area contributed by atoms with Gasteiger partial charge in [0.15, 0.2) is 5.16 Å². The van der Waals surface area contributed by atoms with Gasteiger partial charge in [-0.15, -0.1) is 0 Å². The molecule has 0 radical (unpaired) electrons. The molecule has 7 nitrogen and oxygen atoms in total. The number of hydrogen-bond donors (Lipinski definition) is 3. The first-order chi connectivity index (χ1) is 13.3. The molecule has 0 fully saturated rings. The van der Waals surface area contributed by atoms with Crippen molar-refractivity contribution in [3.8, 4) is 0 Å². The Kier molecular flexibility index (Phi) is 7.80. The minimum atomic E-state index is -0.267. The van der Waals surface area contributed by atoms with E-state index in [0.29, 0.717) is 40.1 Å². The highest BCUT2D eigenvalue weighted by Crippen LogP contribution is 2.16. The van der Waals surface area contributed by atoms with Crippen molar-refractivity contribution >= 4 is 29.3 Å². The summed E-state index contributed by atoms with van der Waals surface area (Å²) in [6.07, 6.45) is 2.22. The Labute approximate surface area is 168 Å². The number of aromatic amines is 1. The molecule has 1 heterocycles. The lowest BCUT2D eigenvalue weighted by Crippen LogP contribution is -2.28. The number of nitrogens with one attached hydrogen (secondary N) is 3. The van der Waals surface area contributed by atoms with Crippen LogP contribution in [0.3, 0.4) is 0 Å². The Morgan fingerprint density at radius 2 is 1.96 bits per heavy atom. The third-order valence-corrected chi connectivity index (χ3v) is 4.69. The molecule has 0 spiro atoms. The smallest absolute Gasteiger partial charge is 0.254 e. The first-order valence-corrected chi connectivity index (χ1v) is 10.3. The highest BCUT2D eigenvalue weighted by molar-refractivity contribution is 7.98. The molecule has 2 rings (SSSR count). The number of carbonyl (C=O) groups is 2. The minimum Gasteiger partial charge on any atom is -0.352 e. The van der Waals surface area contributed by atoms with Gasteiger partial charge in [-0.25, -0.2) is 4.98 Å². The molecule has 0 aliphatic heterocycles. The maximum Gasteiger partial charge on any atom is 0.254 e. The summed E-state index contributed by atoms with van der Waals surface area (Å²) in [7, 11) is 0. The lowest BCUT2D eigenvalue weighted by Gasteiger charge is -2.12. The summed E-state index contributed by atoms with van der Waals surface area (Å²) >= 11 is 1.36. The molecule has 0 saturated heterocycles. The van der Waals surface area contributed by atoms with Crippen LogP contribution in [0.15, 0.2) is 34.2 Å². The summed E-state index contributed by atoms with van der Waals surface area (Å²) in [5.41, 5.74) is 1.76. The van der Waals surface area contributed by atoms with Gasteiger partial charge in [0.1, 0.15) is 0 Å². The maximum atomic E-state index is 12.4. The number of benzene rings is 1. The standard InChI is InChI=1S/C20H26N4O3S/c1-12(2)11-21-18(26)15-7-5-6-8-16(15)23-17(25)10-9-14-13(3)22-20(28-4)24-19(14)27/h5-8,12H,9-11H2,1-4H3,(H,21,26)(H,23,25)(H,22,24,27). The molecule has 2 aromatic rings. The van der Waals surface area contributed by atoms with Crippen LogP contribution in [0, 0.1) is 12.8 Å². The molecule has 0 atom stereocenters. The number of amides is 2. The number of rotatable bonds is 8. The van der Waals surface area contributed by atoms with Crippen LogP contribution in [-0.2, 0) is 11.2 Å². The predicted molar refractivity (Wildman–Crippen MR) is 112 cm³/mol. The molecule has 0 bridgehead atoms. The van der Waals surface area contributed by atoms with Crippen LogP contribution in [0.5, 0.6) is 0 Å². The normalized spacial score (nSPS) is 10.8. The zero-order chi connectivity index (χ0) is 20.7. The van der Waals surface area contributed by atoms with Crippen LogP contribution in [0.25, 0.3) is 0 Å². The fraction of sp³-hybridized carbons (Fsp3) is 0.400. The molecule has 0 aliphatic carbocycles. The van der Waals surface area contributed by atoms with Gasteiger partial charge < -0.3 is 15.6 Å². The van der Waals surface area contributed by atoms with E-state index in [1.54, 1.807) is 31.2 Å². The minimum absolute atomic E-state index is 0.117. The Bertz CT molecular complexity index is 909. The van der Waals surface area contributed by atoms with Gasteiger partial charge in [-0.2, -0.15) is 0 Å². The van der Waals surface area contributed by atoms with Crippen molar-refractivity contribution in [2.75, 3.05) is 18.1 Å². The molecular weight excluding hydrogens is 376 g/mol. The molecule has 0 saturated carbocycles. The van der Waals surface area contributed by atoms with Gasteiger partial charge >= 0.3 is 0 Å². The average Bonchev–Trinajstić information content (AvgIpc) is 2.65. The van der Waals surface area contributed by atoms with Crippen molar-refractivity contribution in [2.45, 2.75) is 38.8 Å². The highest BCUT2D eigenvalue weighted by atomic mass is 32.2. The summed E-state index contributed by atoms with van der Waals surface area (Å²) in [6, 6.07) is 6.87. The summed E-state index contributed by atoms with van der Waals surface area (Å²) in [6.45, 7) is 6.34. The molecule has 0 aliphatic rings. The lowest BCUT2D eigenvalue weighted by atomic mass is 10.1. The quantitative estimate of drug-likeness (QED) is 0.465. The van der Waals surface area contributed by atoms with E-state index >= 15 is 0 Å². The molecule has 3 N–H and O–H groups in total. The summed E-state index contributed by atoms with van der Waals surface area (Å²) < 4.78 is 0. The van der Waals surface area contributed by atoms with Crippen molar-refractivity contribution in [3.63, 3.8) is 0 Å². The van der Waals surface area contributed by atoms with Crippen LogP contribution >= 0.6 is 11.8 Å². The Hall–Kier alpha value is -2.61. The topological polar surface area (TPSA) is 104 Å². The van der Waals surface area contributed by atoms with E-state index in [-0.39, 0.29) is 30.2 Å². The van der Waals surface area contributed by atoms with Crippen molar-refractivity contribution in [3.05, 3.63) is 51.4 Å². The highest BCUT2D eigenvalue weighted by Gasteiger charge is 2.15. The van der Waals surface area contributed by atoms with Gasteiger partial charge in [0, 0.05) is 24.2 Å². The molecular formula is C20H26N4O3S. The molecule has 2 amide bonds. The van der Waals surface area contributed by atoms with E-state index in [9.17, 15) is 14.4 Å². The zero-order valence-corrected chi connectivity index (χ0v) is 17.4. The van der Waals surface area contributed by atoms with Gasteiger partial charge in [-0.1, -0.05) is 37.7 Å². The molecule has 1 aromatic carbocycles. The van der Waals surface area contributed by atoms with Crippen molar-refractivity contribution in [1.29, 1.82) is 0 Å². The number of thioether (sulfide) groups is 1. The summed E-state index contributed by atoms with van der Waals surface area (Å²) in [5.74, 6) is -0.163. The lowest BCUT2D eigenvalue weighted by molar-refractivity contribution is -0.116. The molecule has 1 aromatic heterocycles. The number of carbonyl (C=O) groups excluding carboxylic acids is 2. The maximum absolute atomic E-state index is 12.4. The first-order valence-electron chi connectivity index (χ1n) is 9.12. The van der Waals surface area contributed by atoms with E-state index in [0.717, 1.165) is 0 Å². The van der Waals surface area contributed by atoms with Gasteiger partial charge in [0.2, 0.25) is 5.91 Å². The molecule has 0 unspecified atom stereocenters. The third-order valence-electron chi connectivity index (χ3n) is 4.11. The van der Waals surface area contributed by atoms with Gasteiger partial charge in [0.25, 0.3) is 11.5 Å². The van der Waals surface area contributed by atoms with Crippen LogP contribution in [0.1, 0.15) is 41.9 Å². The Morgan fingerprint density at radius 3 is 2.61 bits per heavy atom. The van der Waals surface area contributed by atoms with E-state index in [1.807, 2.05) is 20.1 Å². The Balaban J connectivity index is 2.04. The van der Waals surface area contributed by atoms with Crippen LogP contribution in [0.4, 0.5) is 5.69 Å². The van der Waals surface area contributed by atoms with E-state index in [2.05, 4.69) is 20.6 Å².